The molecular weight excluding hydrogens is 401 g/mol. The van der Waals surface area contributed by atoms with E-state index in [1.165, 1.54) is 23.3 Å². The largest absolute Gasteiger partial charge is 0.385 e. The van der Waals surface area contributed by atoms with E-state index in [1.807, 2.05) is 24.3 Å². The van der Waals surface area contributed by atoms with Gasteiger partial charge in [0.05, 0.1) is 0 Å². The van der Waals surface area contributed by atoms with Crippen molar-refractivity contribution in [2.24, 2.45) is 0 Å². The number of rotatable bonds is 8. The molecule has 0 spiro atoms. The molecule has 0 unspecified atom stereocenters. The summed E-state index contributed by atoms with van der Waals surface area (Å²) in [4.78, 5) is 0. The predicted molar refractivity (Wildman–Crippen MR) is 101 cm³/mol. The average Bonchev–Trinajstić information content (AvgIpc) is 3.20. The molecular formula is C15H15Cl2N5OS2. The predicted octanol–water partition coefficient (Wildman–Crippen LogP) is 4.43. The van der Waals surface area contributed by atoms with Crippen molar-refractivity contribution in [3.05, 3.63) is 39.3 Å². The Labute approximate surface area is 163 Å². The number of aromatic nitrogens is 5. The molecule has 3 aromatic rings. The van der Waals surface area contributed by atoms with Gasteiger partial charge < -0.3 is 9.30 Å². The van der Waals surface area contributed by atoms with Gasteiger partial charge in [0, 0.05) is 48.1 Å². The number of hydrogen-bond donors (Lipinski definition) is 0. The van der Waals surface area contributed by atoms with Crippen LogP contribution in [0.15, 0.2) is 29.4 Å². The number of halogens is 2. The van der Waals surface area contributed by atoms with Crippen molar-refractivity contribution in [3.63, 3.8) is 0 Å². The molecule has 0 radical (unpaired) electrons. The molecule has 25 heavy (non-hydrogen) atoms. The average molecular weight is 416 g/mol. The number of hydrogen-bond acceptors (Lipinski definition) is 7. The quantitative estimate of drug-likeness (QED) is 0.400. The van der Waals surface area contributed by atoms with Gasteiger partial charge in [-0.15, -0.1) is 15.3 Å². The molecule has 0 saturated heterocycles. The zero-order valence-electron chi connectivity index (χ0n) is 13.4. The third-order valence-electron chi connectivity index (χ3n) is 3.40. The minimum atomic E-state index is 0.596. The number of ether oxygens (including phenoxy) is 1. The zero-order chi connectivity index (χ0) is 17.6. The second kappa shape index (κ2) is 8.95. The van der Waals surface area contributed by atoms with Gasteiger partial charge in [-0.1, -0.05) is 39.5 Å². The van der Waals surface area contributed by atoms with Crippen LogP contribution in [0.4, 0.5) is 0 Å². The van der Waals surface area contributed by atoms with Crippen LogP contribution in [0.5, 0.6) is 0 Å². The standard InChI is InChI=1S/C15H15Cl2N5OS2/c1-23-8-2-7-22-14(10-3-5-11(16)6-4-10)19-20-15(22)24-9-12-13(17)25-21-18-12/h3-6H,2,7-9H2,1H3. The third kappa shape index (κ3) is 4.71. The summed E-state index contributed by atoms with van der Waals surface area (Å²) in [5.74, 6) is 1.40. The molecule has 0 saturated carbocycles. The van der Waals surface area contributed by atoms with Crippen LogP contribution in [0.3, 0.4) is 0 Å². The van der Waals surface area contributed by atoms with E-state index in [0.717, 1.165) is 35.2 Å². The first-order valence-corrected chi connectivity index (χ1v) is 9.98. The summed E-state index contributed by atoms with van der Waals surface area (Å²) < 4.78 is 11.7. The Morgan fingerprint density at radius 3 is 2.64 bits per heavy atom. The number of benzene rings is 1. The van der Waals surface area contributed by atoms with Crippen LogP contribution in [0.2, 0.25) is 9.36 Å². The van der Waals surface area contributed by atoms with E-state index in [-0.39, 0.29) is 0 Å². The summed E-state index contributed by atoms with van der Waals surface area (Å²) in [7, 11) is 1.69. The summed E-state index contributed by atoms with van der Waals surface area (Å²) in [6.07, 6.45) is 0.863. The van der Waals surface area contributed by atoms with Crippen molar-refractivity contribution in [1.82, 2.24) is 24.4 Å². The van der Waals surface area contributed by atoms with Crippen molar-refractivity contribution in [2.75, 3.05) is 13.7 Å². The molecule has 10 heteroatoms. The summed E-state index contributed by atoms with van der Waals surface area (Å²) in [5, 5.41) is 14.2. The molecule has 2 aromatic heterocycles. The molecule has 0 amide bonds. The maximum absolute atomic E-state index is 6.07. The summed E-state index contributed by atoms with van der Waals surface area (Å²) in [6, 6.07) is 7.57. The second-order valence-corrected chi connectivity index (χ2v) is 7.83. The van der Waals surface area contributed by atoms with Crippen molar-refractivity contribution in [2.45, 2.75) is 23.9 Å². The van der Waals surface area contributed by atoms with E-state index in [4.69, 9.17) is 27.9 Å². The summed E-state index contributed by atoms with van der Waals surface area (Å²) in [5.41, 5.74) is 1.73. The second-order valence-electron chi connectivity index (χ2n) is 5.09. The molecule has 0 fully saturated rings. The summed E-state index contributed by atoms with van der Waals surface area (Å²) in [6.45, 7) is 1.42. The van der Waals surface area contributed by atoms with Gasteiger partial charge in [-0.2, -0.15) is 0 Å². The van der Waals surface area contributed by atoms with Gasteiger partial charge in [0.15, 0.2) is 11.0 Å². The van der Waals surface area contributed by atoms with Gasteiger partial charge in [-0.05, 0) is 30.7 Å². The van der Waals surface area contributed by atoms with Gasteiger partial charge in [0.2, 0.25) is 0 Å². The highest BCUT2D eigenvalue weighted by Crippen LogP contribution is 2.29. The Balaban J connectivity index is 1.83. The Morgan fingerprint density at radius 1 is 1.16 bits per heavy atom. The highest BCUT2D eigenvalue weighted by molar-refractivity contribution is 7.98. The molecule has 0 atom stereocenters. The van der Waals surface area contributed by atoms with E-state index in [1.54, 1.807) is 7.11 Å². The molecule has 3 rings (SSSR count). The fraction of sp³-hybridized carbons (Fsp3) is 0.333. The zero-order valence-corrected chi connectivity index (χ0v) is 16.5. The van der Waals surface area contributed by atoms with E-state index >= 15 is 0 Å². The Bertz CT molecular complexity index is 822. The van der Waals surface area contributed by atoms with E-state index < -0.39 is 0 Å². The lowest BCUT2D eigenvalue weighted by Gasteiger charge is -2.10. The number of nitrogens with zero attached hydrogens (tertiary/aromatic N) is 5. The fourth-order valence-electron chi connectivity index (χ4n) is 2.19. The number of methoxy groups -OCH3 is 1. The van der Waals surface area contributed by atoms with Crippen LogP contribution >= 0.6 is 46.5 Å². The monoisotopic (exact) mass is 415 g/mol. The molecule has 0 aliphatic carbocycles. The lowest BCUT2D eigenvalue weighted by molar-refractivity contribution is 0.189. The van der Waals surface area contributed by atoms with Gasteiger partial charge in [0.25, 0.3) is 0 Å². The molecule has 0 N–H and O–H groups in total. The van der Waals surface area contributed by atoms with E-state index in [9.17, 15) is 0 Å². The van der Waals surface area contributed by atoms with Crippen molar-refractivity contribution < 1.29 is 4.74 Å². The van der Waals surface area contributed by atoms with Gasteiger partial charge >= 0.3 is 0 Å². The van der Waals surface area contributed by atoms with Crippen molar-refractivity contribution >= 4 is 46.5 Å². The number of thioether (sulfide) groups is 1. The Morgan fingerprint density at radius 2 is 1.96 bits per heavy atom. The highest BCUT2D eigenvalue weighted by Gasteiger charge is 2.16. The topological polar surface area (TPSA) is 65.7 Å². The maximum Gasteiger partial charge on any atom is 0.191 e. The molecule has 1 aromatic carbocycles. The lowest BCUT2D eigenvalue weighted by Crippen LogP contribution is -2.05. The minimum absolute atomic E-state index is 0.596. The van der Waals surface area contributed by atoms with Gasteiger partial charge in [0.1, 0.15) is 10.0 Å². The van der Waals surface area contributed by atoms with Crippen LogP contribution in [0.25, 0.3) is 11.4 Å². The molecule has 0 aliphatic heterocycles. The van der Waals surface area contributed by atoms with Crippen LogP contribution in [-0.2, 0) is 17.0 Å². The SMILES string of the molecule is COCCCn1c(SCc2nnsc2Cl)nnc1-c1ccc(Cl)cc1. The smallest absolute Gasteiger partial charge is 0.191 e. The van der Waals surface area contributed by atoms with Crippen LogP contribution in [0.1, 0.15) is 12.1 Å². The molecule has 0 bridgehead atoms. The Kier molecular flexibility index (Phi) is 6.66. The molecule has 0 aliphatic rings. The van der Waals surface area contributed by atoms with Crippen LogP contribution in [0, 0.1) is 0 Å². The van der Waals surface area contributed by atoms with E-state index in [2.05, 4.69) is 24.4 Å². The van der Waals surface area contributed by atoms with Crippen LogP contribution in [-0.4, -0.2) is 38.1 Å². The van der Waals surface area contributed by atoms with Crippen molar-refractivity contribution in [3.8, 4) is 11.4 Å². The summed E-state index contributed by atoms with van der Waals surface area (Å²) >= 11 is 14.8. The first kappa shape index (κ1) is 18.6. The lowest BCUT2D eigenvalue weighted by atomic mass is 10.2. The first-order valence-electron chi connectivity index (χ1n) is 7.46. The normalized spacial score (nSPS) is 11.2. The minimum Gasteiger partial charge on any atom is -0.385 e. The van der Waals surface area contributed by atoms with Crippen LogP contribution < -0.4 is 0 Å². The third-order valence-corrected chi connectivity index (χ3v) is 5.61. The van der Waals surface area contributed by atoms with Crippen molar-refractivity contribution in [1.29, 1.82) is 0 Å². The van der Waals surface area contributed by atoms with E-state index in [0.29, 0.717) is 21.7 Å². The fourth-order valence-corrected chi connectivity index (χ4v) is 4.02. The molecule has 2 heterocycles. The first-order chi connectivity index (χ1) is 12.2. The molecule has 6 nitrogen and oxygen atoms in total. The molecule has 132 valence electrons. The van der Waals surface area contributed by atoms with Gasteiger partial charge in [-0.3, -0.25) is 0 Å². The maximum atomic E-state index is 6.07. The Hall–Kier alpha value is -1.19. The van der Waals surface area contributed by atoms with Gasteiger partial charge in [-0.25, -0.2) is 0 Å². The highest BCUT2D eigenvalue weighted by atomic mass is 35.5.